The molecule has 2 heterocycles. The molecule has 2 aromatic rings. The Hall–Kier alpha value is -2.74. The first kappa shape index (κ1) is 19.0. The van der Waals surface area contributed by atoms with E-state index >= 15 is 0 Å². The monoisotopic (exact) mass is 370 g/mol. The zero-order valence-corrected chi connectivity index (χ0v) is 15.8. The SMILES string of the molecule is CN(Cc1nncn1C)C(=O)C1CCCN(CC(=O)Nc2ccccc2)C1. The highest BCUT2D eigenvalue weighted by molar-refractivity contribution is 5.92. The van der Waals surface area contributed by atoms with Crippen molar-refractivity contribution in [3.63, 3.8) is 0 Å². The van der Waals surface area contributed by atoms with Crippen LogP contribution >= 0.6 is 0 Å². The largest absolute Gasteiger partial charge is 0.338 e. The molecular formula is C19H26N6O2. The normalized spacial score (nSPS) is 17.5. The minimum absolute atomic E-state index is 0.0539. The first-order valence-corrected chi connectivity index (χ1v) is 9.18. The van der Waals surface area contributed by atoms with Gasteiger partial charge in [-0.2, -0.15) is 0 Å². The second kappa shape index (κ2) is 8.77. The molecule has 27 heavy (non-hydrogen) atoms. The van der Waals surface area contributed by atoms with Gasteiger partial charge in [0, 0.05) is 26.3 Å². The van der Waals surface area contributed by atoms with Gasteiger partial charge in [-0.05, 0) is 31.5 Å². The van der Waals surface area contributed by atoms with Gasteiger partial charge in [0.15, 0.2) is 5.82 Å². The number of carbonyl (C=O) groups excluding carboxylic acids is 2. The smallest absolute Gasteiger partial charge is 0.238 e. The summed E-state index contributed by atoms with van der Waals surface area (Å²) in [4.78, 5) is 28.8. The van der Waals surface area contributed by atoms with E-state index < -0.39 is 0 Å². The van der Waals surface area contributed by atoms with Crippen LogP contribution in [-0.4, -0.2) is 63.1 Å². The summed E-state index contributed by atoms with van der Waals surface area (Å²) in [7, 11) is 3.65. The third kappa shape index (κ3) is 5.13. The molecule has 3 rings (SSSR count). The summed E-state index contributed by atoms with van der Waals surface area (Å²) in [6.07, 6.45) is 3.38. The number of aryl methyl sites for hydroxylation is 1. The fraction of sp³-hybridized carbons (Fsp3) is 0.474. The number of carbonyl (C=O) groups is 2. The maximum atomic E-state index is 12.8. The molecule has 0 spiro atoms. The topological polar surface area (TPSA) is 83.4 Å². The molecule has 144 valence electrons. The fourth-order valence-corrected chi connectivity index (χ4v) is 3.38. The number of aromatic nitrogens is 3. The van der Waals surface area contributed by atoms with Crippen LogP contribution in [0.2, 0.25) is 0 Å². The van der Waals surface area contributed by atoms with Gasteiger partial charge in [-0.15, -0.1) is 10.2 Å². The molecule has 1 fully saturated rings. The van der Waals surface area contributed by atoms with Crippen molar-refractivity contribution in [2.45, 2.75) is 19.4 Å². The molecule has 0 radical (unpaired) electrons. The first-order chi connectivity index (χ1) is 13.0. The van der Waals surface area contributed by atoms with Crippen LogP contribution in [0.25, 0.3) is 0 Å². The Morgan fingerprint density at radius 1 is 1.30 bits per heavy atom. The second-order valence-electron chi connectivity index (χ2n) is 7.04. The van der Waals surface area contributed by atoms with Gasteiger partial charge in [0.25, 0.3) is 0 Å². The predicted molar refractivity (Wildman–Crippen MR) is 102 cm³/mol. The lowest BCUT2D eigenvalue weighted by molar-refractivity contribution is -0.137. The van der Waals surface area contributed by atoms with Crippen molar-refractivity contribution in [3.05, 3.63) is 42.5 Å². The average Bonchev–Trinajstić information content (AvgIpc) is 3.06. The molecule has 1 aliphatic heterocycles. The highest BCUT2D eigenvalue weighted by Crippen LogP contribution is 2.19. The minimum Gasteiger partial charge on any atom is -0.338 e. The van der Waals surface area contributed by atoms with Crippen molar-refractivity contribution < 1.29 is 9.59 Å². The van der Waals surface area contributed by atoms with Crippen LogP contribution in [0.3, 0.4) is 0 Å². The molecule has 8 nitrogen and oxygen atoms in total. The molecule has 0 saturated carbocycles. The van der Waals surface area contributed by atoms with Crippen molar-refractivity contribution in [1.29, 1.82) is 0 Å². The summed E-state index contributed by atoms with van der Waals surface area (Å²) in [5, 5.41) is 10.8. The second-order valence-corrected chi connectivity index (χ2v) is 7.04. The number of likely N-dealkylation sites (tertiary alicyclic amines) is 1. The number of piperidine rings is 1. The molecule has 1 aliphatic rings. The highest BCUT2D eigenvalue weighted by Gasteiger charge is 2.29. The van der Waals surface area contributed by atoms with Gasteiger partial charge in [-0.1, -0.05) is 18.2 Å². The molecule has 0 bridgehead atoms. The van der Waals surface area contributed by atoms with Gasteiger partial charge < -0.3 is 14.8 Å². The lowest BCUT2D eigenvalue weighted by Gasteiger charge is -2.33. The zero-order valence-electron chi connectivity index (χ0n) is 15.8. The zero-order chi connectivity index (χ0) is 19.2. The molecule has 1 N–H and O–H groups in total. The Labute approximate surface area is 159 Å². The van der Waals surface area contributed by atoms with Crippen LogP contribution in [0.5, 0.6) is 0 Å². The van der Waals surface area contributed by atoms with E-state index in [4.69, 9.17) is 0 Å². The summed E-state index contributed by atoms with van der Waals surface area (Å²) < 4.78 is 1.81. The van der Waals surface area contributed by atoms with E-state index in [1.807, 2.05) is 41.9 Å². The highest BCUT2D eigenvalue weighted by atomic mass is 16.2. The maximum Gasteiger partial charge on any atom is 0.238 e. The molecule has 1 saturated heterocycles. The van der Waals surface area contributed by atoms with E-state index in [0.717, 1.165) is 30.9 Å². The fourth-order valence-electron chi connectivity index (χ4n) is 3.38. The van der Waals surface area contributed by atoms with Gasteiger partial charge in [-0.3, -0.25) is 14.5 Å². The Morgan fingerprint density at radius 2 is 2.07 bits per heavy atom. The first-order valence-electron chi connectivity index (χ1n) is 9.18. The number of amides is 2. The van der Waals surface area contributed by atoms with Gasteiger partial charge in [0.05, 0.1) is 19.0 Å². The molecule has 1 atom stereocenters. The number of para-hydroxylation sites is 1. The predicted octanol–water partition coefficient (Wildman–Crippen LogP) is 1.12. The van der Waals surface area contributed by atoms with Crippen LogP contribution in [-0.2, 0) is 23.2 Å². The van der Waals surface area contributed by atoms with Gasteiger partial charge in [-0.25, -0.2) is 0 Å². The number of nitrogens with zero attached hydrogens (tertiary/aromatic N) is 5. The molecular weight excluding hydrogens is 344 g/mol. The van der Waals surface area contributed by atoms with Gasteiger partial charge in [0.2, 0.25) is 11.8 Å². The number of nitrogens with one attached hydrogen (secondary N) is 1. The molecule has 1 aromatic heterocycles. The lowest BCUT2D eigenvalue weighted by Crippen LogP contribution is -2.45. The van der Waals surface area contributed by atoms with E-state index in [9.17, 15) is 9.59 Å². The Bertz CT molecular complexity index is 776. The summed E-state index contributed by atoms with van der Waals surface area (Å²) in [5.74, 6) is 0.690. The van der Waals surface area contributed by atoms with Crippen molar-refractivity contribution >= 4 is 17.5 Å². The van der Waals surface area contributed by atoms with Crippen molar-refractivity contribution in [1.82, 2.24) is 24.6 Å². The molecule has 0 aliphatic carbocycles. The van der Waals surface area contributed by atoms with Crippen LogP contribution in [0, 0.1) is 5.92 Å². The van der Waals surface area contributed by atoms with E-state index in [-0.39, 0.29) is 17.7 Å². The van der Waals surface area contributed by atoms with E-state index in [1.54, 1.807) is 18.3 Å². The Morgan fingerprint density at radius 3 is 2.78 bits per heavy atom. The van der Waals surface area contributed by atoms with Crippen LogP contribution < -0.4 is 5.32 Å². The quantitative estimate of drug-likeness (QED) is 0.824. The van der Waals surface area contributed by atoms with Crippen molar-refractivity contribution in [3.8, 4) is 0 Å². The van der Waals surface area contributed by atoms with Crippen LogP contribution in [0.1, 0.15) is 18.7 Å². The standard InChI is InChI=1S/C19H26N6O2/c1-23(12-17-22-20-14-24(17)2)19(27)15-7-6-10-25(11-15)13-18(26)21-16-8-4-3-5-9-16/h3-5,8-9,14-15H,6-7,10-13H2,1-2H3,(H,21,26). The molecule has 8 heteroatoms. The Kier molecular flexibility index (Phi) is 6.18. The number of hydrogen-bond donors (Lipinski definition) is 1. The molecule has 1 unspecified atom stereocenters. The van der Waals surface area contributed by atoms with Crippen LogP contribution in [0.15, 0.2) is 36.7 Å². The maximum absolute atomic E-state index is 12.8. The average molecular weight is 370 g/mol. The van der Waals surface area contributed by atoms with Crippen molar-refractivity contribution in [2.75, 3.05) is 32.0 Å². The summed E-state index contributed by atoms with van der Waals surface area (Å²) in [5.41, 5.74) is 0.788. The summed E-state index contributed by atoms with van der Waals surface area (Å²) in [6.45, 7) is 2.16. The minimum atomic E-state index is -0.0958. The number of anilines is 1. The van der Waals surface area contributed by atoms with Crippen LogP contribution in [0.4, 0.5) is 5.69 Å². The molecule has 2 amide bonds. The van der Waals surface area contributed by atoms with Gasteiger partial charge >= 0.3 is 0 Å². The third-order valence-corrected chi connectivity index (χ3v) is 4.84. The third-order valence-electron chi connectivity index (χ3n) is 4.84. The van der Waals surface area contributed by atoms with E-state index in [2.05, 4.69) is 20.4 Å². The lowest BCUT2D eigenvalue weighted by atomic mass is 9.96. The molecule has 1 aromatic carbocycles. The summed E-state index contributed by atoms with van der Waals surface area (Å²) >= 11 is 0. The van der Waals surface area contributed by atoms with Gasteiger partial charge in [0.1, 0.15) is 6.33 Å². The number of benzene rings is 1. The van der Waals surface area contributed by atoms with E-state index in [1.165, 1.54) is 0 Å². The van der Waals surface area contributed by atoms with Crippen molar-refractivity contribution in [2.24, 2.45) is 13.0 Å². The van der Waals surface area contributed by atoms with E-state index in [0.29, 0.717) is 19.6 Å². The Balaban J connectivity index is 1.51. The number of hydrogen-bond acceptors (Lipinski definition) is 5. The number of rotatable bonds is 6. The summed E-state index contributed by atoms with van der Waals surface area (Å²) in [6, 6.07) is 9.41.